The van der Waals surface area contributed by atoms with Crippen LogP contribution < -0.4 is 5.32 Å². The van der Waals surface area contributed by atoms with Gasteiger partial charge in [-0.3, -0.25) is 10.2 Å². The molecule has 3 heterocycles. The number of piperidine rings is 1. The summed E-state index contributed by atoms with van der Waals surface area (Å²) in [7, 11) is 0. The van der Waals surface area contributed by atoms with Crippen molar-refractivity contribution in [1.82, 2.24) is 35.6 Å². The molecule has 1 unspecified atom stereocenters. The molecule has 2 aromatic heterocycles. The summed E-state index contributed by atoms with van der Waals surface area (Å²) >= 11 is 0. The van der Waals surface area contributed by atoms with E-state index in [0.717, 1.165) is 49.6 Å². The number of fused-ring (bicyclic) bond motifs is 1. The summed E-state index contributed by atoms with van der Waals surface area (Å²) in [5.74, 6) is 1.85. The molecule has 0 radical (unpaired) electrons. The van der Waals surface area contributed by atoms with E-state index in [1.165, 1.54) is 30.5 Å². The third kappa shape index (κ3) is 3.59. The Hall–Kier alpha value is -2.38. The van der Waals surface area contributed by atoms with Crippen LogP contribution in [0, 0.1) is 6.92 Å². The van der Waals surface area contributed by atoms with Gasteiger partial charge in [-0.25, -0.2) is 9.78 Å². The van der Waals surface area contributed by atoms with E-state index in [1.54, 1.807) is 0 Å². The molecular weight excluding hydrogens is 330 g/mol. The van der Waals surface area contributed by atoms with Gasteiger partial charge in [-0.05, 0) is 51.0 Å². The normalized spacial score (nSPS) is 20.5. The van der Waals surface area contributed by atoms with Crippen molar-refractivity contribution >= 4 is 6.03 Å². The summed E-state index contributed by atoms with van der Waals surface area (Å²) in [6.07, 6.45) is 7.82. The van der Waals surface area contributed by atoms with Crippen LogP contribution in [-0.4, -0.2) is 49.4 Å². The lowest BCUT2D eigenvalue weighted by Crippen LogP contribution is -2.45. The van der Waals surface area contributed by atoms with Gasteiger partial charge in [0.15, 0.2) is 5.82 Å². The molecule has 1 fully saturated rings. The molecular formula is C18H27N7O. The maximum absolute atomic E-state index is 12.6. The quantitative estimate of drug-likeness (QED) is 0.733. The van der Waals surface area contributed by atoms with Crippen molar-refractivity contribution in [2.24, 2.45) is 0 Å². The zero-order valence-corrected chi connectivity index (χ0v) is 15.3. The van der Waals surface area contributed by atoms with E-state index in [4.69, 9.17) is 0 Å². The predicted octanol–water partition coefficient (Wildman–Crippen LogP) is 2.19. The molecule has 3 N–H and O–H groups in total. The Morgan fingerprint density at radius 3 is 2.92 bits per heavy atom. The van der Waals surface area contributed by atoms with E-state index in [0.29, 0.717) is 13.1 Å². The van der Waals surface area contributed by atoms with E-state index >= 15 is 0 Å². The molecule has 1 atom stereocenters. The van der Waals surface area contributed by atoms with Crippen LogP contribution in [-0.2, 0) is 19.4 Å². The Balaban J connectivity index is 1.35. The van der Waals surface area contributed by atoms with E-state index in [9.17, 15) is 4.79 Å². The number of H-pyrrole nitrogens is 2. The second-order valence-electron chi connectivity index (χ2n) is 7.41. The summed E-state index contributed by atoms with van der Waals surface area (Å²) in [5, 5.41) is 17.8. The Morgan fingerprint density at radius 2 is 2.08 bits per heavy atom. The van der Waals surface area contributed by atoms with Crippen molar-refractivity contribution in [2.45, 2.75) is 64.3 Å². The van der Waals surface area contributed by atoms with Crippen molar-refractivity contribution in [1.29, 1.82) is 0 Å². The van der Waals surface area contributed by atoms with E-state index in [2.05, 4.69) is 30.7 Å². The average molecular weight is 357 g/mol. The van der Waals surface area contributed by atoms with Gasteiger partial charge < -0.3 is 10.2 Å². The lowest BCUT2D eigenvalue weighted by atomic mass is 9.98. The van der Waals surface area contributed by atoms with Gasteiger partial charge in [0, 0.05) is 24.7 Å². The molecule has 2 aromatic rings. The second kappa shape index (κ2) is 7.47. The van der Waals surface area contributed by atoms with Gasteiger partial charge in [0.25, 0.3) is 0 Å². The van der Waals surface area contributed by atoms with E-state index in [1.807, 2.05) is 11.8 Å². The molecule has 1 aliphatic heterocycles. The molecule has 0 spiro atoms. The first-order valence-corrected chi connectivity index (χ1v) is 9.67. The van der Waals surface area contributed by atoms with Gasteiger partial charge >= 0.3 is 6.03 Å². The van der Waals surface area contributed by atoms with Gasteiger partial charge in [-0.15, -0.1) is 0 Å². The van der Waals surface area contributed by atoms with Crippen LogP contribution >= 0.6 is 0 Å². The number of urea groups is 1. The molecule has 1 saturated heterocycles. The van der Waals surface area contributed by atoms with Crippen molar-refractivity contribution in [3.63, 3.8) is 0 Å². The maximum Gasteiger partial charge on any atom is 0.317 e. The number of likely N-dealkylation sites (tertiary alicyclic amines) is 1. The van der Waals surface area contributed by atoms with Crippen LogP contribution in [0.15, 0.2) is 0 Å². The number of nitrogens with zero attached hydrogens (tertiary/aromatic N) is 4. The fourth-order valence-corrected chi connectivity index (χ4v) is 4.06. The molecule has 8 heteroatoms. The van der Waals surface area contributed by atoms with Gasteiger partial charge in [-0.1, -0.05) is 6.42 Å². The number of aryl methyl sites for hydroxylation is 2. The third-order valence-corrected chi connectivity index (χ3v) is 5.49. The molecule has 2 aliphatic rings. The van der Waals surface area contributed by atoms with Gasteiger partial charge in [-0.2, -0.15) is 10.2 Å². The number of carbonyl (C=O) groups is 1. The summed E-state index contributed by atoms with van der Waals surface area (Å²) < 4.78 is 0. The highest BCUT2D eigenvalue weighted by molar-refractivity contribution is 5.74. The molecule has 0 bridgehead atoms. The predicted molar refractivity (Wildman–Crippen MR) is 96.8 cm³/mol. The van der Waals surface area contributed by atoms with Crippen molar-refractivity contribution < 1.29 is 4.79 Å². The zero-order valence-electron chi connectivity index (χ0n) is 15.3. The molecule has 2 amide bonds. The van der Waals surface area contributed by atoms with Crippen LogP contribution in [0.25, 0.3) is 0 Å². The molecule has 26 heavy (non-hydrogen) atoms. The van der Waals surface area contributed by atoms with Crippen LogP contribution in [0.5, 0.6) is 0 Å². The lowest BCUT2D eigenvalue weighted by Gasteiger charge is -2.31. The smallest absolute Gasteiger partial charge is 0.317 e. The van der Waals surface area contributed by atoms with Gasteiger partial charge in [0.05, 0.1) is 12.2 Å². The molecule has 140 valence electrons. The minimum absolute atomic E-state index is 0.0210. The van der Waals surface area contributed by atoms with Crippen LogP contribution in [0.3, 0.4) is 0 Å². The first kappa shape index (κ1) is 17.1. The van der Waals surface area contributed by atoms with Crippen molar-refractivity contribution in [3.8, 4) is 0 Å². The Morgan fingerprint density at radius 1 is 1.19 bits per heavy atom. The van der Waals surface area contributed by atoms with E-state index < -0.39 is 0 Å². The molecule has 8 nitrogen and oxygen atoms in total. The minimum atomic E-state index is -0.0210. The largest absolute Gasteiger partial charge is 0.332 e. The SMILES string of the molecule is Cc1nc(C2CCCN(C(=O)NCc3n[nH]c4c3CCCCC4)C2)n[nH]1. The first-order valence-electron chi connectivity index (χ1n) is 9.67. The average Bonchev–Trinajstić information content (AvgIpc) is 3.19. The highest BCUT2D eigenvalue weighted by Gasteiger charge is 2.27. The number of hydrogen-bond acceptors (Lipinski definition) is 4. The summed E-state index contributed by atoms with van der Waals surface area (Å²) in [4.78, 5) is 19.0. The highest BCUT2D eigenvalue weighted by atomic mass is 16.2. The summed E-state index contributed by atoms with van der Waals surface area (Å²) in [6, 6.07) is -0.0210. The second-order valence-corrected chi connectivity index (χ2v) is 7.41. The number of rotatable bonds is 3. The standard InChI is InChI=1S/C18H27N7O/c1-12-20-17(24-21-12)13-6-5-9-25(11-13)18(26)19-10-16-14-7-3-2-4-8-15(14)22-23-16/h13H,2-11H2,1H3,(H,19,26)(H,22,23)(H,20,21,24). The Kier molecular flexibility index (Phi) is 4.90. The lowest BCUT2D eigenvalue weighted by molar-refractivity contribution is 0.178. The molecule has 1 aliphatic carbocycles. The minimum Gasteiger partial charge on any atom is -0.332 e. The van der Waals surface area contributed by atoms with Crippen molar-refractivity contribution in [2.75, 3.05) is 13.1 Å². The van der Waals surface area contributed by atoms with Gasteiger partial charge in [0.2, 0.25) is 0 Å². The monoisotopic (exact) mass is 357 g/mol. The highest BCUT2D eigenvalue weighted by Crippen LogP contribution is 2.25. The molecule has 4 rings (SSSR count). The van der Waals surface area contributed by atoms with Crippen molar-refractivity contribution in [3.05, 3.63) is 28.6 Å². The number of aromatic amines is 2. The van der Waals surface area contributed by atoms with Crippen LogP contribution in [0.1, 0.15) is 66.6 Å². The van der Waals surface area contributed by atoms with Crippen LogP contribution in [0.4, 0.5) is 4.79 Å². The number of amides is 2. The summed E-state index contributed by atoms with van der Waals surface area (Å²) in [6.45, 7) is 3.84. The fourth-order valence-electron chi connectivity index (χ4n) is 4.06. The van der Waals surface area contributed by atoms with Gasteiger partial charge in [0.1, 0.15) is 5.82 Å². The maximum atomic E-state index is 12.6. The molecule has 0 aromatic carbocycles. The number of nitrogens with one attached hydrogen (secondary N) is 3. The third-order valence-electron chi connectivity index (χ3n) is 5.49. The topological polar surface area (TPSA) is 103 Å². The fraction of sp³-hybridized carbons (Fsp3) is 0.667. The Labute approximate surface area is 153 Å². The number of carbonyl (C=O) groups excluding carboxylic acids is 1. The number of hydrogen-bond donors (Lipinski definition) is 3. The summed E-state index contributed by atoms with van der Waals surface area (Å²) in [5.41, 5.74) is 3.56. The number of aromatic nitrogens is 5. The van der Waals surface area contributed by atoms with Crippen LogP contribution in [0.2, 0.25) is 0 Å². The molecule has 0 saturated carbocycles. The first-order chi connectivity index (χ1) is 12.7. The Bertz CT molecular complexity index is 765. The van der Waals surface area contributed by atoms with E-state index in [-0.39, 0.29) is 11.9 Å². The zero-order chi connectivity index (χ0) is 17.9.